The summed E-state index contributed by atoms with van der Waals surface area (Å²) in [6.45, 7) is 2.34. The minimum absolute atomic E-state index is 0.150. The summed E-state index contributed by atoms with van der Waals surface area (Å²) >= 11 is 0. The average Bonchev–Trinajstić information content (AvgIpc) is 2.57. The number of fused-ring (bicyclic) bond motifs is 2. The van der Waals surface area contributed by atoms with E-state index in [1.807, 2.05) is 0 Å². The number of nitrogens with one attached hydrogen (secondary N) is 2. The summed E-state index contributed by atoms with van der Waals surface area (Å²) in [7, 11) is 0. The number of hydrogen-bond donors (Lipinski definition) is 3. The zero-order valence-electron chi connectivity index (χ0n) is 10.6. The Balaban J connectivity index is 1.65. The van der Waals surface area contributed by atoms with Gasteiger partial charge in [0.1, 0.15) is 0 Å². The molecule has 0 spiro atoms. The molecule has 0 aromatic rings. The van der Waals surface area contributed by atoms with E-state index in [1.165, 1.54) is 12.8 Å². The number of amides is 1. The molecular weight excluding hydrogens is 216 g/mol. The van der Waals surface area contributed by atoms with E-state index >= 15 is 0 Å². The molecule has 2 bridgehead atoms. The molecule has 2 aliphatic rings. The summed E-state index contributed by atoms with van der Waals surface area (Å²) < 4.78 is 0. The van der Waals surface area contributed by atoms with Gasteiger partial charge >= 0.3 is 0 Å². The largest absolute Gasteiger partial charge is 0.393 e. The molecule has 1 amide bonds. The van der Waals surface area contributed by atoms with Crippen molar-refractivity contribution in [3.8, 4) is 0 Å². The molecular formula is C13H24N2O2. The molecule has 2 fully saturated rings. The van der Waals surface area contributed by atoms with Gasteiger partial charge in [-0.05, 0) is 44.9 Å². The second kappa shape index (κ2) is 5.83. The highest BCUT2D eigenvalue weighted by Gasteiger charge is 2.33. The van der Waals surface area contributed by atoms with E-state index in [1.54, 1.807) is 6.92 Å². The number of carbonyl (C=O) groups is 1. The topological polar surface area (TPSA) is 61.4 Å². The molecule has 2 rings (SSSR count). The molecule has 3 atom stereocenters. The number of aliphatic hydroxyl groups is 1. The van der Waals surface area contributed by atoms with Gasteiger partial charge in [0.2, 0.25) is 5.91 Å². The third-order valence-electron chi connectivity index (χ3n) is 3.93. The lowest BCUT2D eigenvalue weighted by atomic mass is 9.89. The predicted octanol–water partition coefficient (Wildman–Crippen LogP) is 0.794. The molecule has 98 valence electrons. The standard InChI is InChI=1S/C13H24N2O2/c1-9(16)4-5-14-13(17)8-10-6-11-2-3-12(7-10)15-11/h9-12,15-16H,2-8H2,1H3,(H,14,17). The molecule has 0 aromatic heterocycles. The Morgan fingerprint density at radius 2 is 2.06 bits per heavy atom. The summed E-state index contributed by atoms with van der Waals surface area (Å²) in [5.74, 6) is 0.706. The summed E-state index contributed by atoms with van der Waals surface area (Å²) in [6, 6.07) is 1.31. The predicted molar refractivity (Wildman–Crippen MR) is 66.6 cm³/mol. The highest BCUT2D eigenvalue weighted by atomic mass is 16.3. The van der Waals surface area contributed by atoms with Crippen molar-refractivity contribution in [2.24, 2.45) is 5.92 Å². The monoisotopic (exact) mass is 240 g/mol. The highest BCUT2D eigenvalue weighted by Crippen LogP contribution is 2.32. The molecule has 0 aromatic carbocycles. The first-order chi connectivity index (χ1) is 8.13. The van der Waals surface area contributed by atoms with Crippen molar-refractivity contribution in [2.45, 2.75) is 63.6 Å². The molecule has 4 heteroatoms. The van der Waals surface area contributed by atoms with Gasteiger partial charge < -0.3 is 15.7 Å². The first-order valence-electron chi connectivity index (χ1n) is 6.84. The Morgan fingerprint density at radius 3 is 2.65 bits per heavy atom. The number of aliphatic hydroxyl groups excluding tert-OH is 1. The fourth-order valence-electron chi connectivity index (χ4n) is 3.10. The number of hydrogen-bond acceptors (Lipinski definition) is 3. The van der Waals surface area contributed by atoms with Crippen LogP contribution in [0.3, 0.4) is 0 Å². The van der Waals surface area contributed by atoms with Crippen molar-refractivity contribution in [3.63, 3.8) is 0 Å². The lowest BCUT2D eigenvalue weighted by Gasteiger charge is -2.28. The minimum Gasteiger partial charge on any atom is -0.393 e. The second-order valence-electron chi connectivity index (χ2n) is 5.67. The van der Waals surface area contributed by atoms with Gasteiger partial charge in [-0.2, -0.15) is 0 Å². The zero-order chi connectivity index (χ0) is 12.3. The summed E-state index contributed by atoms with van der Waals surface area (Å²) in [6.07, 6.45) is 5.85. The molecule has 0 aliphatic carbocycles. The number of rotatable bonds is 5. The van der Waals surface area contributed by atoms with Gasteiger partial charge in [-0.3, -0.25) is 4.79 Å². The van der Waals surface area contributed by atoms with Crippen LogP contribution < -0.4 is 10.6 Å². The van der Waals surface area contributed by atoms with Crippen molar-refractivity contribution < 1.29 is 9.90 Å². The van der Waals surface area contributed by atoms with Crippen LogP contribution >= 0.6 is 0 Å². The second-order valence-corrected chi connectivity index (χ2v) is 5.67. The Morgan fingerprint density at radius 1 is 1.41 bits per heavy atom. The van der Waals surface area contributed by atoms with E-state index < -0.39 is 0 Å². The van der Waals surface area contributed by atoms with Crippen molar-refractivity contribution in [2.75, 3.05) is 6.54 Å². The zero-order valence-corrected chi connectivity index (χ0v) is 10.6. The van der Waals surface area contributed by atoms with Crippen LogP contribution in [0.25, 0.3) is 0 Å². The summed E-state index contributed by atoms with van der Waals surface area (Å²) in [5.41, 5.74) is 0. The van der Waals surface area contributed by atoms with Gasteiger partial charge in [0.25, 0.3) is 0 Å². The number of carbonyl (C=O) groups excluding carboxylic acids is 1. The van der Waals surface area contributed by atoms with Gasteiger partial charge in [-0.25, -0.2) is 0 Å². The van der Waals surface area contributed by atoms with Crippen LogP contribution in [-0.2, 0) is 4.79 Å². The van der Waals surface area contributed by atoms with E-state index in [4.69, 9.17) is 5.11 Å². The molecule has 3 N–H and O–H groups in total. The van der Waals surface area contributed by atoms with Gasteiger partial charge in [0.05, 0.1) is 6.10 Å². The fourth-order valence-corrected chi connectivity index (χ4v) is 3.10. The first-order valence-corrected chi connectivity index (χ1v) is 6.84. The van der Waals surface area contributed by atoms with Crippen LogP contribution in [0.15, 0.2) is 0 Å². The summed E-state index contributed by atoms with van der Waals surface area (Å²) in [5, 5.41) is 15.6. The molecule has 2 saturated heterocycles. The Kier molecular flexibility index (Phi) is 4.40. The minimum atomic E-state index is -0.329. The molecule has 4 nitrogen and oxygen atoms in total. The third kappa shape index (κ3) is 3.96. The SMILES string of the molecule is CC(O)CCNC(=O)CC1CC2CCC(C1)N2. The van der Waals surface area contributed by atoms with Crippen LogP contribution in [0, 0.1) is 5.92 Å². The smallest absolute Gasteiger partial charge is 0.220 e. The van der Waals surface area contributed by atoms with Gasteiger partial charge in [0.15, 0.2) is 0 Å². The van der Waals surface area contributed by atoms with Crippen molar-refractivity contribution in [1.29, 1.82) is 0 Å². The number of piperidine rings is 1. The van der Waals surface area contributed by atoms with E-state index in [-0.39, 0.29) is 12.0 Å². The van der Waals surface area contributed by atoms with E-state index in [0.29, 0.717) is 37.4 Å². The lowest BCUT2D eigenvalue weighted by Crippen LogP contribution is -2.39. The molecule has 0 saturated carbocycles. The van der Waals surface area contributed by atoms with Gasteiger partial charge in [-0.15, -0.1) is 0 Å². The highest BCUT2D eigenvalue weighted by molar-refractivity contribution is 5.76. The van der Waals surface area contributed by atoms with Crippen LogP contribution in [0.2, 0.25) is 0 Å². The molecule has 2 heterocycles. The van der Waals surface area contributed by atoms with Gasteiger partial charge in [-0.1, -0.05) is 0 Å². The lowest BCUT2D eigenvalue weighted by molar-refractivity contribution is -0.122. The normalized spacial score (nSPS) is 33.4. The van der Waals surface area contributed by atoms with E-state index in [0.717, 1.165) is 12.8 Å². The van der Waals surface area contributed by atoms with Crippen LogP contribution in [0.4, 0.5) is 0 Å². The molecule has 17 heavy (non-hydrogen) atoms. The summed E-state index contributed by atoms with van der Waals surface area (Å²) in [4.78, 5) is 11.7. The maximum absolute atomic E-state index is 11.7. The quantitative estimate of drug-likeness (QED) is 0.666. The van der Waals surface area contributed by atoms with E-state index in [9.17, 15) is 4.79 Å². The third-order valence-corrected chi connectivity index (χ3v) is 3.93. The fraction of sp³-hybridized carbons (Fsp3) is 0.923. The first kappa shape index (κ1) is 12.8. The Hall–Kier alpha value is -0.610. The maximum atomic E-state index is 11.7. The van der Waals surface area contributed by atoms with Crippen molar-refractivity contribution in [1.82, 2.24) is 10.6 Å². The molecule has 2 aliphatic heterocycles. The van der Waals surface area contributed by atoms with Crippen LogP contribution in [0.1, 0.15) is 45.4 Å². The van der Waals surface area contributed by atoms with Crippen LogP contribution in [-0.4, -0.2) is 35.7 Å². The molecule has 3 unspecified atom stereocenters. The maximum Gasteiger partial charge on any atom is 0.220 e. The van der Waals surface area contributed by atoms with Crippen molar-refractivity contribution in [3.05, 3.63) is 0 Å². The van der Waals surface area contributed by atoms with Crippen molar-refractivity contribution >= 4 is 5.91 Å². The Labute approximate surface area is 103 Å². The van der Waals surface area contributed by atoms with Crippen LogP contribution in [0.5, 0.6) is 0 Å². The Bertz CT molecular complexity index is 256. The van der Waals surface area contributed by atoms with Gasteiger partial charge in [0, 0.05) is 25.0 Å². The molecule has 0 radical (unpaired) electrons. The average molecular weight is 240 g/mol. The van der Waals surface area contributed by atoms with E-state index in [2.05, 4.69) is 10.6 Å².